The number of alkyl halides is 1. The first kappa shape index (κ1) is 15.2. The van der Waals surface area contributed by atoms with Crippen molar-refractivity contribution < 1.29 is 25.1 Å². The predicted octanol–water partition coefficient (Wildman–Crippen LogP) is 1.23. The third kappa shape index (κ3) is 4.74. The Bertz CT molecular complexity index is 302. The fourth-order valence-electron chi connectivity index (χ4n) is 2.47. The van der Waals surface area contributed by atoms with E-state index in [1.54, 1.807) is 0 Å². The molecule has 1 nitrogen and oxygen atoms in total. The van der Waals surface area contributed by atoms with Crippen LogP contribution >= 0.6 is 0 Å². The molecule has 0 aromatic carbocycles. The normalized spacial score (nSPS) is 24.1. The molecule has 2 atom stereocenters. The van der Waals surface area contributed by atoms with E-state index in [9.17, 15) is 3.44 Å². The Balaban J connectivity index is 2.58. The molecule has 0 saturated heterocycles. The zero-order valence-electron chi connectivity index (χ0n) is 11.6. The van der Waals surface area contributed by atoms with Gasteiger partial charge in [0.05, 0.1) is 0 Å². The zero-order valence-corrected chi connectivity index (χ0v) is 13.8. The quantitative estimate of drug-likeness (QED) is 0.450. The van der Waals surface area contributed by atoms with E-state index in [4.69, 9.17) is 0 Å². The van der Waals surface area contributed by atoms with Crippen molar-refractivity contribution in [1.82, 2.24) is 0 Å². The SMILES string of the molecule is CC(C)=CCC[C@](C)([I-]O)C1CC=C(C)CC1. The summed E-state index contributed by atoms with van der Waals surface area (Å²) in [5.41, 5.74) is 2.92. The predicted molar refractivity (Wildman–Crippen MR) is 70.4 cm³/mol. The van der Waals surface area contributed by atoms with Crippen LogP contribution in [0.2, 0.25) is 0 Å². The maximum atomic E-state index is 9.84. The van der Waals surface area contributed by atoms with Crippen molar-refractivity contribution in [1.29, 1.82) is 0 Å². The molecule has 17 heavy (non-hydrogen) atoms. The summed E-state index contributed by atoms with van der Waals surface area (Å²) in [6.45, 7) is 8.83. The van der Waals surface area contributed by atoms with Crippen LogP contribution in [0, 0.1) is 5.92 Å². The first-order valence-electron chi connectivity index (χ1n) is 6.56. The van der Waals surface area contributed by atoms with Gasteiger partial charge >= 0.3 is 117 Å². The van der Waals surface area contributed by atoms with Gasteiger partial charge in [-0.2, -0.15) is 0 Å². The molecule has 0 aliphatic heterocycles. The molecule has 100 valence electrons. The van der Waals surface area contributed by atoms with Crippen molar-refractivity contribution in [3.05, 3.63) is 23.3 Å². The number of allylic oxidation sites excluding steroid dienone is 4. The molecule has 0 radical (unpaired) electrons. The molecule has 1 aliphatic rings. The van der Waals surface area contributed by atoms with Gasteiger partial charge in [0.15, 0.2) is 0 Å². The van der Waals surface area contributed by atoms with Crippen LogP contribution in [0.3, 0.4) is 0 Å². The summed E-state index contributed by atoms with van der Waals surface area (Å²) >= 11 is -0.673. The molecule has 2 heteroatoms. The van der Waals surface area contributed by atoms with Gasteiger partial charge in [0, 0.05) is 0 Å². The zero-order chi connectivity index (χ0) is 12.9. The van der Waals surface area contributed by atoms with Crippen LogP contribution in [0.4, 0.5) is 0 Å². The topological polar surface area (TPSA) is 20.2 Å². The van der Waals surface area contributed by atoms with Crippen molar-refractivity contribution in [3.63, 3.8) is 0 Å². The van der Waals surface area contributed by atoms with Crippen molar-refractivity contribution in [2.75, 3.05) is 0 Å². The summed E-state index contributed by atoms with van der Waals surface area (Å²) in [5.74, 6) is 0.703. The van der Waals surface area contributed by atoms with Gasteiger partial charge in [-0.15, -0.1) is 0 Å². The van der Waals surface area contributed by atoms with Crippen molar-refractivity contribution in [3.8, 4) is 0 Å². The van der Waals surface area contributed by atoms with Crippen molar-refractivity contribution >= 4 is 0 Å². The second-order valence-corrected chi connectivity index (χ2v) is 8.65. The summed E-state index contributed by atoms with van der Waals surface area (Å²) < 4.78 is 10.0. The Morgan fingerprint density at radius 3 is 2.76 bits per heavy atom. The van der Waals surface area contributed by atoms with Gasteiger partial charge < -0.3 is 0 Å². The Hall–Kier alpha value is 0.170. The maximum absolute atomic E-state index is 9.84. The van der Waals surface area contributed by atoms with E-state index in [1.807, 2.05) is 0 Å². The first-order valence-corrected chi connectivity index (χ1v) is 8.61. The van der Waals surface area contributed by atoms with Gasteiger partial charge in [0.1, 0.15) is 0 Å². The fourth-order valence-corrected chi connectivity index (χ4v) is 3.98. The van der Waals surface area contributed by atoms with E-state index >= 15 is 0 Å². The third-order valence-electron chi connectivity index (χ3n) is 3.87. The summed E-state index contributed by atoms with van der Waals surface area (Å²) in [5, 5.41) is 0. The molecule has 0 saturated carbocycles. The van der Waals surface area contributed by atoms with E-state index in [-0.39, 0.29) is 3.42 Å². The standard InChI is InChI=1S/C15H26IO/c1-12(2)6-5-11-15(4,16-17)14-9-7-13(3)8-10-14/h6-7,14,17H,5,8-11H2,1-4H3/q-1/t14?,15-/m0/s1. The third-order valence-corrected chi connectivity index (χ3v) is 6.39. The van der Waals surface area contributed by atoms with E-state index in [0.717, 1.165) is 12.8 Å². The number of hydrogen-bond donors (Lipinski definition) is 1. The Labute approximate surface area is 117 Å². The molecule has 0 aromatic rings. The Morgan fingerprint density at radius 1 is 1.59 bits per heavy atom. The Kier molecular flexibility index (Phi) is 6.21. The molecule has 0 bridgehead atoms. The monoisotopic (exact) mass is 349 g/mol. The summed E-state index contributed by atoms with van der Waals surface area (Å²) in [4.78, 5) is 0. The van der Waals surface area contributed by atoms with Gasteiger partial charge in [-0.1, -0.05) is 0 Å². The summed E-state index contributed by atoms with van der Waals surface area (Å²) in [6, 6.07) is 0. The molecule has 1 unspecified atom stereocenters. The van der Waals surface area contributed by atoms with E-state index in [0.29, 0.717) is 5.92 Å². The van der Waals surface area contributed by atoms with Gasteiger partial charge in [-0.25, -0.2) is 0 Å². The van der Waals surface area contributed by atoms with E-state index < -0.39 is 21.6 Å². The van der Waals surface area contributed by atoms with Gasteiger partial charge in [-0.3, -0.25) is 0 Å². The van der Waals surface area contributed by atoms with Crippen LogP contribution in [0.1, 0.15) is 59.8 Å². The minimum atomic E-state index is -0.673. The average molecular weight is 349 g/mol. The van der Waals surface area contributed by atoms with Crippen molar-refractivity contribution in [2.45, 2.75) is 63.2 Å². The molecule has 0 amide bonds. The first-order chi connectivity index (χ1) is 7.98. The van der Waals surface area contributed by atoms with Gasteiger partial charge in [0.2, 0.25) is 0 Å². The molecule has 0 fully saturated rings. The number of rotatable bonds is 5. The van der Waals surface area contributed by atoms with Crippen LogP contribution in [-0.4, -0.2) is 6.86 Å². The molecule has 1 rings (SSSR count). The molecular weight excluding hydrogens is 323 g/mol. The minimum absolute atomic E-state index is 0.210. The van der Waals surface area contributed by atoms with Gasteiger partial charge in [0.25, 0.3) is 0 Å². The molecule has 0 aromatic heterocycles. The molecule has 1 aliphatic carbocycles. The molecular formula is C15H26IO-. The van der Waals surface area contributed by atoms with Crippen LogP contribution in [0.25, 0.3) is 0 Å². The summed E-state index contributed by atoms with van der Waals surface area (Å²) in [7, 11) is 0. The molecule has 1 N–H and O–H groups in total. The van der Waals surface area contributed by atoms with E-state index in [2.05, 4.69) is 39.8 Å². The fraction of sp³-hybridized carbons (Fsp3) is 0.733. The summed E-state index contributed by atoms with van der Waals surface area (Å²) in [6.07, 6.45) is 10.6. The second kappa shape index (κ2) is 6.93. The van der Waals surface area contributed by atoms with Crippen LogP contribution in [0.5, 0.6) is 0 Å². The van der Waals surface area contributed by atoms with Crippen LogP contribution < -0.4 is 21.6 Å². The number of hydrogen-bond acceptors (Lipinski definition) is 1. The van der Waals surface area contributed by atoms with Gasteiger partial charge in [-0.05, 0) is 0 Å². The average Bonchev–Trinajstić information content (AvgIpc) is 2.29. The Morgan fingerprint density at radius 2 is 2.29 bits per heavy atom. The molecule has 0 spiro atoms. The van der Waals surface area contributed by atoms with E-state index in [1.165, 1.54) is 30.4 Å². The van der Waals surface area contributed by atoms with Crippen molar-refractivity contribution in [2.24, 2.45) is 5.92 Å². The van der Waals surface area contributed by atoms with Crippen LogP contribution in [0.15, 0.2) is 23.3 Å². The second-order valence-electron chi connectivity index (χ2n) is 5.70. The van der Waals surface area contributed by atoms with Crippen LogP contribution in [-0.2, 0) is 0 Å². The number of halogens is 1. The molecule has 0 heterocycles.